The lowest BCUT2D eigenvalue weighted by molar-refractivity contribution is 0.0666. The van der Waals surface area contributed by atoms with Crippen LogP contribution in [0.4, 0.5) is 0 Å². The van der Waals surface area contributed by atoms with Crippen LogP contribution in [-0.2, 0) is 6.42 Å². The predicted molar refractivity (Wildman–Crippen MR) is 75.8 cm³/mol. The van der Waals surface area contributed by atoms with Crippen molar-refractivity contribution in [1.29, 1.82) is 0 Å². The third kappa shape index (κ3) is 3.30. The molecular formula is C14H24N2S. The summed E-state index contributed by atoms with van der Waals surface area (Å²) in [5.41, 5.74) is 0.295. The molecule has 1 N–H and O–H groups in total. The van der Waals surface area contributed by atoms with E-state index in [-0.39, 0.29) is 0 Å². The van der Waals surface area contributed by atoms with Gasteiger partial charge in [0.05, 0.1) is 0 Å². The number of hydrogen-bond acceptors (Lipinski definition) is 3. The van der Waals surface area contributed by atoms with Crippen molar-refractivity contribution in [1.82, 2.24) is 10.2 Å². The minimum atomic E-state index is 0.295. The molecule has 1 aliphatic rings. The maximum atomic E-state index is 3.64. The zero-order valence-electron chi connectivity index (χ0n) is 11.2. The molecule has 0 aliphatic carbocycles. The molecule has 0 aromatic carbocycles. The van der Waals surface area contributed by atoms with Crippen molar-refractivity contribution in [2.75, 3.05) is 19.6 Å². The molecule has 1 unspecified atom stereocenters. The van der Waals surface area contributed by atoms with Crippen LogP contribution in [0.1, 0.15) is 32.1 Å². The van der Waals surface area contributed by atoms with E-state index in [4.69, 9.17) is 0 Å². The Kier molecular flexibility index (Phi) is 4.23. The van der Waals surface area contributed by atoms with Crippen LogP contribution in [0.15, 0.2) is 17.5 Å². The lowest BCUT2D eigenvalue weighted by Gasteiger charge is -2.46. The van der Waals surface area contributed by atoms with Crippen molar-refractivity contribution < 1.29 is 0 Å². The van der Waals surface area contributed by atoms with Gasteiger partial charge in [0.25, 0.3) is 0 Å². The molecule has 17 heavy (non-hydrogen) atoms. The van der Waals surface area contributed by atoms with Crippen molar-refractivity contribution >= 4 is 11.3 Å². The molecule has 1 atom stereocenters. The lowest BCUT2D eigenvalue weighted by Crippen LogP contribution is -2.62. The molecule has 0 saturated carbocycles. The molecular weight excluding hydrogens is 228 g/mol. The Morgan fingerprint density at radius 3 is 3.00 bits per heavy atom. The quantitative estimate of drug-likeness (QED) is 0.886. The van der Waals surface area contributed by atoms with Crippen molar-refractivity contribution in [2.24, 2.45) is 0 Å². The minimum absolute atomic E-state index is 0.295. The summed E-state index contributed by atoms with van der Waals surface area (Å²) < 4.78 is 0. The molecule has 2 heterocycles. The van der Waals surface area contributed by atoms with Gasteiger partial charge in [0.15, 0.2) is 0 Å². The van der Waals surface area contributed by atoms with Gasteiger partial charge in [-0.3, -0.25) is 4.90 Å². The molecule has 0 amide bonds. The third-order valence-corrected chi connectivity index (χ3v) is 4.76. The largest absolute Gasteiger partial charge is 0.311 e. The van der Waals surface area contributed by atoms with Gasteiger partial charge in [-0.15, -0.1) is 11.3 Å². The number of piperazine rings is 1. The molecule has 96 valence electrons. The molecule has 2 rings (SSSR count). The van der Waals surface area contributed by atoms with Gasteiger partial charge in [-0.1, -0.05) is 13.0 Å². The van der Waals surface area contributed by atoms with E-state index in [0.717, 1.165) is 6.54 Å². The van der Waals surface area contributed by atoms with Crippen molar-refractivity contribution in [3.05, 3.63) is 22.4 Å². The molecule has 1 aromatic heterocycles. The van der Waals surface area contributed by atoms with Gasteiger partial charge in [0, 0.05) is 36.1 Å². The summed E-state index contributed by atoms with van der Waals surface area (Å²) >= 11 is 1.88. The summed E-state index contributed by atoms with van der Waals surface area (Å²) in [5, 5.41) is 5.82. The summed E-state index contributed by atoms with van der Waals surface area (Å²) in [6, 6.07) is 5.07. The number of nitrogens with one attached hydrogen (secondary N) is 1. The first-order valence-electron chi connectivity index (χ1n) is 6.62. The summed E-state index contributed by atoms with van der Waals surface area (Å²) in [6.07, 6.45) is 2.42. The Bertz CT molecular complexity index is 332. The van der Waals surface area contributed by atoms with Crippen LogP contribution in [-0.4, -0.2) is 36.1 Å². The SMILES string of the molecule is CCC1CN(CCc2cccs2)C(C)(C)CN1. The van der Waals surface area contributed by atoms with E-state index in [1.54, 1.807) is 0 Å². The first-order valence-corrected chi connectivity index (χ1v) is 7.50. The van der Waals surface area contributed by atoms with Crippen molar-refractivity contribution in [2.45, 2.75) is 45.2 Å². The first-order chi connectivity index (χ1) is 8.12. The van der Waals surface area contributed by atoms with Crippen LogP contribution >= 0.6 is 11.3 Å². The number of rotatable bonds is 4. The zero-order valence-corrected chi connectivity index (χ0v) is 12.0. The topological polar surface area (TPSA) is 15.3 Å². The van der Waals surface area contributed by atoms with E-state index in [0.29, 0.717) is 11.6 Å². The van der Waals surface area contributed by atoms with Crippen LogP contribution < -0.4 is 5.32 Å². The van der Waals surface area contributed by atoms with Gasteiger partial charge < -0.3 is 5.32 Å². The van der Waals surface area contributed by atoms with Gasteiger partial charge in [-0.05, 0) is 38.1 Å². The molecule has 2 nitrogen and oxygen atoms in total. The second-order valence-corrected chi connectivity index (χ2v) is 6.61. The lowest BCUT2D eigenvalue weighted by atomic mass is 9.96. The smallest absolute Gasteiger partial charge is 0.0278 e. The Hall–Kier alpha value is -0.380. The zero-order chi connectivity index (χ0) is 12.3. The second kappa shape index (κ2) is 5.51. The van der Waals surface area contributed by atoms with E-state index >= 15 is 0 Å². The fraction of sp³-hybridized carbons (Fsp3) is 0.714. The second-order valence-electron chi connectivity index (χ2n) is 5.57. The van der Waals surface area contributed by atoms with Crippen molar-refractivity contribution in [3.63, 3.8) is 0 Å². The summed E-state index contributed by atoms with van der Waals surface area (Å²) in [6.45, 7) is 10.4. The van der Waals surface area contributed by atoms with Crippen LogP contribution in [0.2, 0.25) is 0 Å². The first kappa shape index (κ1) is 13.1. The van der Waals surface area contributed by atoms with Crippen LogP contribution in [0.3, 0.4) is 0 Å². The van der Waals surface area contributed by atoms with Crippen LogP contribution in [0.25, 0.3) is 0 Å². The molecule has 0 radical (unpaired) electrons. The van der Waals surface area contributed by atoms with Gasteiger partial charge in [-0.25, -0.2) is 0 Å². The van der Waals surface area contributed by atoms with E-state index < -0.39 is 0 Å². The van der Waals surface area contributed by atoms with Crippen LogP contribution in [0, 0.1) is 0 Å². The average molecular weight is 252 g/mol. The highest BCUT2D eigenvalue weighted by Gasteiger charge is 2.32. The Balaban J connectivity index is 1.92. The van der Waals surface area contributed by atoms with E-state index in [1.807, 2.05) is 11.3 Å². The molecule has 0 bridgehead atoms. The van der Waals surface area contributed by atoms with Gasteiger partial charge >= 0.3 is 0 Å². The summed E-state index contributed by atoms with van der Waals surface area (Å²) in [5.74, 6) is 0. The Morgan fingerprint density at radius 2 is 2.35 bits per heavy atom. The normalized spacial score (nSPS) is 25.0. The van der Waals surface area contributed by atoms with Crippen molar-refractivity contribution in [3.8, 4) is 0 Å². The number of hydrogen-bond donors (Lipinski definition) is 1. The van der Waals surface area contributed by atoms with Gasteiger partial charge in [-0.2, -0.15) is 0 Å². The molecule has 1 aromatic rings. The summed E-state index contributed by atoms with van der Waals surface area (Å²) in [4.78, 5) is 4.16. The fourth-order valence-corrected chi connectivity index (χ4v) is 3.15. The van der Waals surface area contributed by atoms with Gasteiger partial charge in [0.1, 0.15) is 0 Å². The van der Waals surface area contributed by atoms with E-state index in [9.17, 15) is 0 Å². The van der Waals surface area contributed by atoms with Gasteiger partial charge in [0.2, 0.25) is 0 Å². The molecule has 1 aliphatic heterocycles. The Labute approximate surface area is 109 Å². The Morgan fingerprint density at radius 1 is 1.53 bits per heavy atom. The highest BCUT2D eigenvalue weighted by Crippen LogP contribution is 2.20. The minimum Gasteiger partial charge on any atom is -0.311 e. The highest BCUT2D eigenvalue weighted by atomic mass is 32.1. The summed E-state index contributed by atoms with van der Waals surface area (Å²) in [7, 11) is 0. The predicted octanol–water partition coefficient (Wildman–Crippen LogP) is 2.75. The number of nitrogens with zero attached hydrogens (tertiary/aromatic N) is 1. The molecule has 1 fully saturated rings. The molecule has 1 saturated heterocycles. The van der Waals surface area contributed by atoms with E-state index in [2.05, 4.69) is 48.5 Å². The average Bonchev–Trinajstić information content (AvgIpc) is 2.80. The maximum Gasteiger partial charge on any atom is 0.0278 e. The van der Waals surface area contributed by atoms with Crippen LogP contribution in [0.5, 0.6) is 0 Å². The third-order valence-electron chi connectivity index (χ3n) is 3.82. The maximum absolute atomic E-state index is 3.64. The highest BCUT2D eigenvalue weighted by molar-refractivity contribution is 7.09. The number of thiophene rings is 1. The molecule has 0 spiro atoms. The molecule has 3 heteroatoms. The monoisotopic (exact) mass is 252 g/mol. The standard InChI is InChI=1S/C14H24N2S/c1-4-12-10-16(14(2,3)11-15-12)8-7-13-6-5-9-17-13/h5-6,9,12,15H,4,7-8,10-11H2,1-3H3. The fourth-order valence-electron chi connectivity index (χ4n) is 2.45. The van der Waals surface area contributed by atoms with E-state index in [1.165, 1.54) is 30.8 Å².